The van der Waals surface area contributed by atoms with Crippen LogP contribution in [0.2, 0.25) is 0 Å². The van der Waals surface area contributed by atoms with Gasteiger partial charge in [-0.1, -0.05) is 5.16 Å². The Hall–Kier alpha value is -0.480. The topological polar surface area (TPSA) is 52.0 Å². The van der Waals surface area contributed by atoms with Gasteiger partial charge in [0, 0.05) is 12.3 Å². The Bertz CT molecular complexity index is 215. The summed E-state index contributed by atoms with van der Waals surface area (Å²) < 4.78 is 4.98. The van der Waals surface area contributed by atoms with Crippen LogP contribution < -0.4 is 5.73 Å². The highest BCUT2D eigenvalue weighted by Crippen LogP contribution is 2.24. The molecule has 1 rings (SSSR count). The number of aryl methyl sites for hydroxylation is 2. The third-order valence-corrected chi connectivity index (χ3v) is 2.64. The van der Waals surface area contributed by atoms with Crippen LogP contribution >= 0.6 is 11.8 Å². The molecule has 0 aromatic carbocycles. The Morgan fingerprint density at radius 3 is 2.73 bits per heavy atom. The van der Waals surface area contributed by atoms with Crippen molar-refractivity contribution in [1.82, 2.24) is 5.16 Å². The van der Waals surface area contributed by atoms with Crippen LogP contribution in [0.25, 0.3) is 0 Å². The fourth-order valence-electron chi connectivity index (χ4n) is 0.842. The zero-order valence-corrected chi connectivity index (χ0v) is 7.57. The van der Waals surface area contributed by atoms with Crippen molar-refractivity contribution in [2.45, 2.75) is 18.7 Å². The summed E-state index contributed by atoms with van der Waals surface area (Å²) in [5, 5.41) is 3.83. The van der Waals surface area contributed by atoms with Gasteiger partial charge in [-0.3, -0.25) is 0 Å². The number of hydrogen-bond donors (Lipinski definition) is 1. The molecule has 3 nitrogen and oxygen atoms in total. The molecule has 1 heterocycles. The molecule has 0 spiro atoms. The van der Waals surface area contributed by atoms with Crippen LogP contribution in [0, 0.1) is 13.8 Å². The van der Waals surface area contributed by atoms with E-state index in [1.165, 1.54) is 0 Å². The summed E-state index contributed by atoms with van der Waals surface area (Å²) in [5.74, 6) is 1.81. The Balaban J connectivity index is 2.67. The summed E-state index contributed by atoms with van der Waals surface area (Å²) in [6.07, 6.45) is 0. The van der Waals surface area contributed by atoms with E-state index in [4.69, 9.17) is 10.3 Å². The van der Waals surface area contributed by atoms with Crippen molar-refractivity contribution in [3.8, 4) is 0 Å². The molecule has 0 unspecified atom stereocenters. The Morgan fingerprint density at radius 2 is 2.27 bits per heavy atom. The van der Waals surface area contributed by atoms with Crippen LogP contribution in [0.1, 0.15) is 11.5 Å². The molecule has 0 radical (unpaired) electrons. The van der Waals surface area contributed by atoms with Gasteiger partial charge in [-0.05, 0) is 13.8 Å². The highest BCUT2D eigenvalue weighted by Gasteiger charge is 2.07. The molecule has 0 aliphatic carbocycles. The second-order valence-corrected chi connectivity index (χ2v) is 3.40. The number of thioether (sulfide) groups is 1. The summed E-state index contributed by atoms with van der Waals surface area (Å²) >= 11 is 1.70. The van der Waals surface area contributed by atoms with Crippen molar-refractivity contribution in [3.63, 3.8) is 0 Å². The Morgan fingerprint density at radius 1 is 1.55 bits per heavy atom. The van der Waals surface area contributed by atoms with E-state index in [0.29, 0.717) is 6.54 Å². The highest BCUT2D eigenvalue weighted by atomic mass is 32.2. The van der Waals surface area contributed by atoms with Crippen molar-refractivity contribution < 1.29 is 4.52 Å². The minimum atomic E-state index is 0.689. The molecule has 1 aromatic heterocycles. The minimum absolute atomic E-state index is 0.689. The predicted molar refractivity (Wildman–Crippen MR) is 45.8 cm³/mol. The molecule has 62 valence electrons. The van der Waals surface area contributed by atoms with Gasteiger partial charge in [0.1, 0.15) is 5.76 Å². The molecule has 0 atom stereocenters. The number of hydrogen-bond acceptors (Lipinski definition) is 4. The lowest BCUT2D eigenvalue weighted by Crippen LogP contribution is -2.01. The fraction of sp³-hybridized carbons (Fsp3) is 0.571. The van der Waals surface area contributed by atoms with E-state index in [-0.39, 0.29) is 0 Å². The van der Waals surface area contributed by atoms with Gasteiger partial charge in [0.25, 0.3) is 0 Å². The van der Waals surface area contributed by atoms with Crippen LogP contribution in [0.4, 0.5) is 0 Å². The smallest absolute Gasteiger partial charge is 0.147 e. The van der Waals surface area contributed by atoms with Gasteiger partial charge in [-0.15, -0.1) is 11.8 Å². The largest absolute Gasteiger partial charge is 0.360 e. The number of nitrogens with zero attached hydrogens (tertiary/aromatic N) is 1. The molecule has 2 N–H and O–H groups in total. The zero-order chi connectivity index (χ0) is 8.27. The van der Waals surface area contributed by atoms with Gasteiger partial charge in [0.05, 0.1) is 10.6 Å². The van der Waals surface area contributed by atoms with Crippen LogP contribution in [0.3, 0.4) is 0 Å². The van der Waals surface area contributed by atoms with E-state index in [1.807, 2.05) is 13.8 Å². The van der Waals surface area contributed by atoms with Gasteiger partial charge >= 0.3 is 0 Å². The number of rotatable bonds is 3. The van der Waals surface area contributed by atoms with E-state index < -0.39 is 0 Å². The number of nitrogens with two attached hydrogens (primary N) is 1. The first kappa shape index (κ1) is 8.62. The lowest BCUT2D eigenvalue weighted by molar-refractivity contribution is 0.391. The molecular weight excluding hydrogens is 160 g/mol. The SMILES string of the molecule is Cc1noc(C)c1SCCN. The lowest BCUT2D eigenvalue weighted by Gasteiger charge is -1.95. The van der Waals surface area contributed by atoms with E-state index in [2.05, 4.69) is 5.16 Å². The maximum atomic E-state index is 5.37. The second kappa shape index (κ2) is 3.78. The molecule has 0 aliphatic heterocycles. The second-order valence-electron chi connectivity index (χ2n) is 2.29. The Kier molecular flexibility index (Phi) is 2.96. The van der Waals surface area contributed by atoms with Gasteiger partial charge in [0.2, 0.25) is 0 Å². The minimum Gasteiger partial charge on any atom is -0.360 e. The summed E-state index contributed by atoms with van der Waals surface area (Å²) in [6.45, 7) is 4.54. The maximum absolute atomic E-state index is 5.37. The summed E-state index contributed by atoms with van der Waals surface area (Å²) in [5.41, 5.74) is 6.33. The molecule has 0 saturated heterocycles. The maximum Gasteiger partial charge on any atom is 0.147 e. The molecule has 0 aliphatic rings. The molecule has 11 heavy (non-hydrogen) atoms. The van der Waals surface area contributed by atoms with E-state index in [1.54, 1.807) is 11.8 Å². The van der Waals surface area contributed by atoms with Crippen molar-refractivity contribution >= 4 is 11.8 Å². The van der Waals surface area contributed by atoms with Crippen molar-refractivity contribution in [3.05, 3.63) is 11.5 Å². The van der Waals surface area contributed by atoms with Crippen LogP contribution in [-0.4, -0.2) is 17.5 Å². The summed E-state index contributed by atoms with van der Waals surface area (Å²) in [6, 6.07) is 0. The first-order chi connectivity index (χ1) is 5.25. The van der Waals surface area contributed by atoms with E-state index >= 15 is 0 Å². The third kappa shape index (κ3) is 1.97. The first-order valence-electron chi connectivity index (χ1n) is 3.51. The first-order valence-corrected chi connectivity index (χ1v) is 4.50. The summed E-state index contributed by atoms with van der Waals surface area (Å²) in [4.78, 5) is 1.13. The average Bonchev–Trinajstić information content (AvgIpc) is 2.29. The van der Waals surface area contributed by atoms with Crippen LogP contribution in [0.5, 0.6) is 0 Å². The standard InChI is InChI=1S/C7H12N2OS/c1-5-7(11-4-3-8)6(2)10-9-5/h3-4,8H2,1-2H3. The van der Waals surface area contributed by atoms with Gasteiger partial charge < -0.3 is 10.3 Å². The quantitative estimate of drug-likeness (QED) is 0.699. The third-order valence-electron chi connectivity index (χ3n) is 1.33. The van der Waals surface area contributed by atoms with Crippen molar-refractivity contribution in [2.24, 2.45) is 5.73 Å². The summed E-state index contributed by atoms with van der Waals surface area (Å²) in [7, 11) is 0. The van der Waals surface area contributed by atoms with Crippen LogP contribution in [0.15, 0.2) is 9.42 Å². The average molecular weight is 172 g/mol. The Labute approximate surface area is 70.3 Å². The van der Waals surface area contributed by atoms with E-state index in [0.717, 1.165) is 22.1 Å². The highest BCUT2D eigenvalue weighted by molar-refractivity contribution is 7.99. The molecule has 0 amide bonds. The molecule has 0 bridgehead atoms. The zero-order valence-electron chi connectivity index (χ0n) is 6.76. The fourth-order valence-corrected chi connectivity index (χ4v) is 1.65. The van der Waals surface area contributed by atoms with Crippen LogP contribution in [-0.2, 0) is 0 Å². The van der Waals surface area contributed by atoms with Crippen molar-refractivity contribution in [1.29, 1.82) is 0 Å². The van der Waals surface area contributed by atoms with Gasteiger partial charge in [-0.2, -0.15) is 0 Å². The molecule has 1 aromatic rings. The monoisotopic (exact) mass is 172 g/mol. The molecular formula is C7H12N2OS. The lowest BCUT2D eigenvalue weighted by atomic mass is 10.4. The molecule has 0 saturated carbocycles. The molecule has 4 heteroatoms. The molecule has 0 fully saturated rings. The van der Waals surface area contributed by atoms with Crippen molar-refractivity contribution in [2.75, 3.05) is 12.3 Å². The van der Waals surface area contributed by atoms with E-state index in [9.17, 15) is 0 Å². The number of aromatic nitrogens is 1. The predicted octanol–water partition coefficient (Wildman–Crippen LogP) is 1.34. The van der Waals surface area contributed by atoms with Gasteiger partial charge in [0.15, 0.2) is 0 Å². The normalized spacial score (nSPS) is 10.5. The van der Waals surface area contributed by atoms with Gasteiger partial charge in [-0.25, -0.2) is 0 Å².